The lowest BCUT2D eigenvalue weighted by Crippen LogP contribution is -2.33. The van der Waals surface area contributed by atoms with E-state index in [1.807, 2.05) is 6.92 Å². The minimum atomic E-state index is -0.140. The van der Waals surface area contributed by atoms with Crippen molar-refractivity contribution in [3.05, 3.63) is 0 Å². The van der Waals surface area contributed by atoms with Gasteiger partial charge in [-0.15, -0.1) is 0 Å². The van der Waals surface area contributed by atoms with Gasteiger partial charge in [0, 0.05) is 0 Å². The Kier molecular flexibility index (Phi) is 3.06. The highest BCUT2D eigenvalue weighted by Crippen LogP contribution is 2.51. The highest BCUT2D eigenvalue weighted by atomic mass is 16.3. The van der Waals surface area contributed by atoms with E-state index in [1.54, 1.807) is 0 Å². The van der Waals surface area contributed by atoms with Gasteiger partial charge in [-0.2, -0.15) is 0 Å². The van der Waals surface area contributed by atoms with E-state index >= 15 is 0 Å². The van der Waals surface area contributed by atoms with E-state index in [9.17, 15) is 5.11 Å². The molecule has 0 amide bonds. The van der Waals surface area contributed by atoms with E-state index in [-0.39, 0.29) is 6.10 Å². The lowest BCUT2D eigenvalue weighted by atomic mass is 9.70. The Morgan fingerprint density at radius 1 is 1.08 bits per heavy atom. The van der Waals surface area contributed by atoms with Gasteiger partial charge in [0.25, 0.3) is 0 Å². The first-order chi connectivity index (χ1) is 5.87. The molecule has 0 radical (unpaired) electrons. The third-order valence-electron chi connectivity index (χ3n) is 4.09. The summed E-state index contributed by atoms with van der Waals surface area (Å²) in [6.07, 6.45) is 2.35. The maximum atomic E-state index is 9.69. The average Bonchev–Trinajstić information content (AvgIpc) is 2.24. The number of aliphatic hydroxyl groups is 1. The van der Waals surface area contributed by atoms with Crippen LogP contribution in [0.3, 0.4) is 0 Å². The van der Waals surface area contributed by atoms with Crippen molar-refractivity contribution >= 4 is 0 Å². The van der Waals surface area contributed by atoms with Crippen LogP contribution in [-0.2, 0) is 0 Å². The van der Waals surface area contributed by atoms with E-state index in [0.29, 0.717) is 11.3 Å². The molecule has 78 valence electrons. The van der Waals surface area contributed by atoms with E-state index in [1.165, 1.54) is 12.8 Å². The fourth-order valence-corrected chi connectivity index (χ4v) is 3.43. The van der Waals surface area contributed by atoms with Crippen LogP contribution in [0.2, 0.25) is 0 Å². The Labute approximate surface area is 82.5 Å². The molecule has 3 unspecified atom stereocenters. The molecular formula is C12H24O. The Morgan fingerprint density at radius 2 is 1.54 bits per heavy atom. The van der Waals surface area contributed by atoms with Gasteiger partial charge in [-0.25, -0.2) is 0 Å². The van der Waals surface area contributed by atoms with E-state index in [2.05, 4.69) is 27.7 Å². The van der Waals surface area contributed by atoms with Crippen molar-refractivity contribution in [3.8, 4) is 0 Å². The molecule has 0 spiro atoms. The molecule has 13 heavy (non-hydrogen) atoms. The van der Waals surface area contributed by atoms with Crippen LogP contribution in [0.4, 0.5) is 0 Å². The van der Waals surface area contributed by atoms with Crippen molar-refractivity contribution in [2.24, 2.45) is 23.2 Å². The molecule has 1 fully saturated rings. The van der Waals surface area contributed by atoms with Crippen LogP contribution in [0.1, 0.15) is 47.5 Å². The van der Waals surface area contributed by atoms with Gasteiger partial charge in [0.05, 0.1) is 6.10 Å². The highest BCUT2D eigenvalue weighted by molar-refractivity contribution is 4.94. The topological polar surface area (TPSA) is 20.2 Å². The lowest BCUT2D eigenvalue weighted by molar-refractivity contribution is 0.0395. The molecule has 0 aromatic rings. The van der Waals surface area contributed by atoms with Crippen LogP contribution < -0.4 is 0 Å². The smallest absolute Gasteiger partial charge is 0.0545 e. The summed E-state index contributed by atoms with van der Waals surface area (Å²) in [4.78, 5) is 0. The molecule has 0 saturated heterocycles. The fourth-order valence-electron chi connectivity index (χ4n) is 3.43. The predicted octanol–water partition coefficient (Wildman–Crippen LogP) is 3.08. The van der Waals surface area contributed by atoms with Crippen LogP contribution in [0.5, 0.6) is 0 Å². The molecule has 0 bridgehead atoms. The fraction of sp³-hybridized carbons (Fsp3) is 1.00. The van der Waals surface area contributed by atoms with Crippen LogP contribution in [0.25, 0.3) is 0 Å². The molecule has 0 aromatic carbocycles. The average molecular weight is 184 g/mol. The van der Waals surface area contributed by atoms with E-state index in [4.69, 9.17) is 0 Å². The summed E-state index contributed by atoms with van der Waals surface area (Å²) in [5.41, 5.74) is 0.322. The van der Waals surface area contributed by atoms with Crippen molar-refractivity contribution in [1.29, 1.82) is 0 Å². The van der Waals surface area contributed by atoms with Crippen molar-refractivity contribution < 1.29 is 5.11 Å². The van der Waals surface area contributed by atoms with E-state index in [0.717, 1.165) is 11.8 Å². The normalized spacial score (nSPS) is 35.3. The van der Waals surface area contributed by atoms with Gasteiger partial charge in [0.2, 0.25) is 0 Å². The first kappa shape index (κ1) is 11.0. The summed E-state index contributed by atoms with van der Waals surface area (Å²) < 4.78 is 0. The molecule has 0 aromatic heterocycles. The second-order valence-electron chi connectivity index (χ2n) is 5.60. The zero-order chi connectivity index (χ0) is 10.2. The Balaban J connectivity index is 2.76. The summed E-state index contributed by atoms with van der Waals surface area (Å²) in [5, 5.41) is 9.69. The second-order valence-corrected chi connectivity index (χ2v) is 5.60. The lowest BCUT2D eigenvalue weighted by Gasteiger charge is -2.36. The summed E-state index contributed by atoms with van der Waals surface area (Å²) in [6, 6.07) is 0. The summed E-state index contributed by atoms with van der Waals surface area (Å²) >= 11 is 0. The van der Waals surface area contributed by atoms with Gasteiger partial charge in [-0.05, 0) is 42.9 Å². The van der Waals surface area contributed by atoms with Crippen LogP contribution >= 0.6 is 0 Å². The Hall–Kier alpha value is -0.0400. The minimum Gasteiger partial charge on any atom is -0.393 e. The van der Waals surface area contributed by atoms with Gasteiger partial charge in [-0.1, -0.05) is 27.7 Å². The summed E-state index contributed by atoms with van der Waals surface area (Å²) in [6.45, 7) is 11.2. The van der Waals surface area contributed by atoms with E-state index < -0.39 is 0 Å². The van der Waals surface area contributed by atoms with Gasteiger partial charge >= 0.3 is 0 Å². The molecular weight excluding hydrogens is 160 g/mol. The third-order valence-corrected chi connectivity index (χ3v) is 4.09. The molecule has 1 saturated carbocycles. The second kappa shape index (κ2) is 3.61. The van der Waals surface area contributed by atoms with Crippen molar-refractivity contribution in [2.75, 3.05) is 0 Å². The molecule has 1 rings (SSSR count). The molecule has 1 N–H and O–H groups in total. The first-order valence-electron chi connectivity index (χ1n) is 5.55. The van der Waals surface area contributed by atoms with Crippen LogP contribution in [-0.4, -0.2) is 11.2 Å². The molecule has 1 nitrogen and oxygen atoms in total. The van der Waals surface area contributed by atoms with Crippen LogP contribution in [0.15, 0.2) is 0 Å². The number of rotatable bonds is 2. The van der Waals surface area contributed by atoms with Crippen molar-refractivity contribution in [1.82, 2.24) is 0 Å². The molecule has 1 aliphatic carbocycles. The SMILES string of the molecule is CC(C)C1CCC(C(C)O)C1(C)C. The first-order valence-corrected chi connectivity index (χ1v) is 5.55. The van der Waals surface area contributed by atoms with Crippen LogP contribution in [0, 0.1) is 23.2 Å². The molecule has 1 aliphatic rings. The van der Waals surface area contributed by atoms with Crippen molar-refractivity contribution in [3.63, 3.8) is 0 Å². The number of aliphatic hydroxyl groups excluding tert-OH is 1. The van der Waals surface area contributed by atoms with Crippen molar-refractivity contribution in [2.45, 2.75) is 53.6 Å². The minimum absolute atomic E-state index is 0.140. The molecule has 0 heterocycles. The van der Waals surface area contributed by atoms with Gasteiger partial charge in [0.15, 0.2) is 0 Å². The number of hydrogen-bond donors (Lipinski definition) is 1. The Bertz CT molecular complexity index is 152. The Morgan fingerprint density at radius 3 is 1.77 bits per heavy atom. The maximum absolute atomic E-state index is 9.69. The quantitative estimate of drug-likeness (QED) is 0.699. The molecule has 3 atom stereocenters. The summed E-state index contributed by atoms with van der Waals surface area (Å²) in [5.74, 6) is 2.03. The largest absolute Gasteiger partial charge is 0.393 e. The number of hydrogen-bond acceptors (Lipinski definition) is 1. The molecule has 0 aliphatic heterocycles. The third kappa shape index (κ3) is 1.90. The summed E-state index contributed by atoms with van der Waals surface area (Å²) in [7, 11) is 0. The molecule has 1 heteroatoms. The van der Waals surface area contributed by atoms with Gasteiger partial charge < -0.3 is 5.11 Å². The van der Waals surface area contributed by atoms with Gasteiger partial charge in [0.1, 0.15) is 0 Å². The highest BCUT2D eigenvalue weighted by Gasteiger charge is 2.45. The zero-order valence-corrected chi connectivity index (χ0v) is 9.67. The predicted molar refractivity (Wildman–Crippen MR) is 56.5 cm³/mol. The standard InChI is InChI=1S/C12H24O/c1-8(2)10-6-7-11(9(3)13)12(10,4)5/h8-11,13H,6-7H2,1-5H3. The van der Waals surface area contributed by atoms with Gasteiger partial charge in [-0.3, -0.25) is 0 Å². The monoisotopic (exact) mass is 184 g/mol. The maximum Gasteiger partial charge on any atom is 0.0545 e. The zero-order valence-electron chi connectivity index (χ0n) is 9.67.